The lowest BCUT2D eigenvalue weighted by Crippen LogP contribution is -2.34. The lowest BCUT2D eigenvalue weighted by Gasteiger charge is -2.28. The Morgan fingerprint density at radius 3 is 3.12 bits per heavy atom. The summed E-state index contributed by atoms with van der Waals surface area (Å²) >= 11 is 0. The number of likely N-dealkylation sites (N-methyl/N-ethyl adjacent to an activating group) is 1. The van der Waals surface area contributed by atoms with E-state index in [2.05, 4.69) is 11.2 Å². The Balaban J connectivity index is 2.24. The highest BCUT2D eigenvalue weighted by Gasteiger charge is 2.27. The fourth-order valence-corrected chi connectivity index (χ4v) is 2.21. The van der Waals surface area contributed by atoms with Gasteiger partial charge in [-0.1, -0.05) is 24.1 Å². The van der Waals surface area contributed by atoms with E-state index in [0.29, 0.717) is 6.54 Å². The molecule has 0 aliphatic carbocycles. The zero-order valence-electron chi connectivity index (χ0n) is 9.94. The number of nitrogens with one attached hydrogen (secondary N) is 1. The molecule has 1 amide bonds. The summed E-state index contributed by atoms with van der Waals surface area (Å²) in [5, 5.41) is 3.31. The van der Waals surface area contributed by atoms with E-state index < -0.39 is 0 Å². The van der Waals surface area contributed by atoms with Crippen molar-refractivity contribution in [1.29, 1.82) is 0 Å². The second-order valence-corrected chi connectivity index (χ2v) is 4.25. The SMILES string of the molecule is C#CCN(C)C(=O)C1CCNc2ccccc21. The minimum atomic E-state index is -0.0641. The number of hydrogen-bond donors (Lipinski definition) is 1. The van der Waals surface area contributed by atoms with Crippen LogP contribution < -0.4 is 5.32 Å². The molecule has 0 saturated heterocycles. The molecule has 88 valence electrons. The van der Waals surface area contributed by atoms with Crippen molar-refractivity contribution in [3.8, 4) is 12.3 Å². The van der Waals surface area contributed by atoms with Crippen LogP contribution in [0.2, 0.25) is 0 Å². The zero-order chi connectivity index (χ0) is 12.3. The van der Waals surface area contributed by atoms with E-state index in [1.807, 2.05) is 24.3 Å². The number of rotatable bonds is 2. The number of para-hydroxylation sites is 1. The molecule has 1 atom stereocenters. The largest absolute Gasteiger partial charge is 0.385 e. The number of hydrogen-bond acceptors (Lipinski definition) is 2. The van der Waals surface area contributed by atoms with Gasteiger partial charge in [0.15, 0.2) is 0 Å². The van der Waals surface area contributed by atoms with Gasteiger partial charge < -0.3 is 10.2 Å². The summed E-state index contributed by atoms with van der Waals surface area (Å²) < 4.78 is 0. The summed E-state index contributed by atoms with van der Waals surface area (Å²) in [5.41, 5.74) is 2.14. The normalized spacial score (nSPS) is 17.5. The minimum Gasteiger partial charge on any atom is -0.385 e. The van der Waals surface area contributed by atoms with E-state index in [4.69, 9.17) is 6.42 Å². The van der Waals surface area contributed by atoms with Crippen LogP contribution in [0.4, 0.5) is 5.69 Å². The first kappa shape index (κ1) is 11.5. The number of amides is 1. The molecule has 1 aliphatic heterocycles. The van der Waals surface area contributed by atoms with E-state index in [9.17, 15) is 4.79 Å². The molecule has 1 heterocycles. The predicted octanol–water partition coefficient (Wildman–Crippen LogP) is 1.68. The molecule has 17 heavy (non-hydrogen) atoms. The maximum absolute atomic E-state index is 12.3. The third-order valence-electron chi connectivity index (χ3n) is 3.09. The lowest BCUT2D eigenvalue weighted by atomic mass is 9.90. The average molecular weight is 228 g/mol. The van der Waals surface area contributed by atoms with Crippen LogP contribution in [0.25, 0.3) is 0 Å². The lowest BCUT2D eigenvalue weighted by molar-refractivity contribution is -0.131. The van der Waals surface area contributed by atoms with Crippen LogP contribution in [0.3, 0.4) is 0 Å². The van der Waals surface area contributed by atoms with Crippen LogP contribution in [-0.4, -0.2) is 30.9 Å². The van der Waals surface area contributed by atoms with Crippen LogP contribution in [0.15, 0.2) is 24.3 Å². The van der Waals surface area contributed by atoms with Crippen LogP contribution in [0.5, 0.6) is 0 Å². The van der Waals surface area contributed by atoms with Crippen molar-refractivity contribution in [2.24, 2.45) is 0 Å². The number of benzene rings is 1. The van der Waals surface area contributed by atoms with Gasteiger partial charge in [-0.15, -0.1) is 6.42 Å². The maximum Gasteiger partial charge on any atom is 0.230 e. The Morgan fingerprint density at radius 1 is 1.59 bits per heavy atom. The third-order valence-corrected chi connectivity index (χ3v) is 3.09. The first-order valence-corrected chi connectivity index (χ1v) is 5.75. The molecule has 3 nitrogen and oxygen atoms in total. The first-order chi connectivity index (χ1) is 8.24. The van der Waals surface area contributed by atoms with Gasteiger partial charge in [0.1, 0.15) is 0 Å². The summed E-state index contributed by atoms with van der Waals surface area (Å²) in [5.74, 6) is 2.55. The van der Waals surface area contributed by atoms with Crippen molar-refractivity contribution >= 4 is 11.6 Å². The Bertz CT molecular complexity index is 462. The van der Waals surface area contributed by atoms with Gasteiger partial charge in [0.25, 0.3) is 0 Å². The summed E-state index contributed by atoms with van der Waals surface area (Å²) in [6, 6.07) is 7.96. The second kappa shape index (κ2) is 4.92. The topological polar surface area (TPSA) is 32.3 Å². The summed E-state index contributed by atoms with van der Waals surface area (Å²) in [6.45, 7) is 1.20. The third kappa shape index (κ3) is 2.26. The Labute approximate surface area is 102 Å². The highest BCUT2D eigenvalue weighted by Crippen LogP contribution is 2.32. The molecule has 1 unspecified atom stereocenters. The van der Waals surface area contributed by atoms with Crippen molar-refractivity contribution in [3.05, 3.63) is 29.8 Å². The number of fused-ring (bicyclic) bond motifs is 1. The average Bonchev–Trinajstić information content (AvgIpc) is 2.37. The molecule has 0 aromatic heterocycles. The van der Waals surface area contributed by atoms with Gasteiger partial charge in [-0.05, 0) is 18.1 Å². The predicted molar refractivity (Wildman–Crippen MR) is 68.8 cm³/mol. The van der Waals surface area contributed by atoms with Crippen molar-refractivity contribution in [1.82, 2.24) is 4.90 Å². The molecule has 1 aromatic rings. The number of carbonyl (C=O) groups excluding carboxylic acids is 1. The fraction of sp³-hybridized carbons (Fsp3) is 0.357. The zero-order valence-corrected chi connectivity index (χ0v) is 9.94. The van der Waals surface area contributed by atoms with Gasteiger partial charge in [-0.25, -0.2) is 0 Å². The summed E-state index contributed by atoms with van der Waals surface area (Å²) in [7, 11) is 1.76. The van der Waals surface area contributed by atoms with Crippen LogP contribution in [-0.2, 0) is 4.79 Å². The van der Waals surface area contributed by atoms with Crippen LogP contribution in [0.1, 0.15) is 17.9 Å². The van der Waals surface area contributed by atoms with E-state index in [1.165, 1.54) is 0 Å². The fourth-order valence-electron chi connectivity index (χ4n) is 2.21. The van der Waals surface area contributed by atoms with Gasteiger partial charge in [-0.2, -0.15) is 0 Å². The number of nitrogens with zero attached hydrogens (tertiary/aromatic N) is 1. The molecule has 1 aliphatic rings. The Morgan fingerprint density at radius 2 is 2.35 bits per heavy atom. The molecule has 0 saturated carbocycles. The smallest absolute Gasteiger partial charge is 0.230 e. The monoisotopic (exact) mass is 228 g/mol. The van der Waals surface area contributed by atoms with Gasteiger partial charge >= 0.3 is 0 Å². The molecular weight excluding hydrogens is 212 g/mol. The van der Waals surface area contributed by atoms with E-state index in [-0.39, 0.29) is 11.8 Å². The van der Waals surface area contributed by atoms with Crippen LogP contribution in [0, 0.1) is 12.3 Å². The Kier molecular flexibility index (Phi) is 3.34. The first-order valence-electron chi connectivity index (χ1n) is 5.75. The van der Waals surface area contributed by atoms with Crippen molar-refractivity contribution in [3.63, 3.8) is 0 Å². The highest BCUT2D eigenvalue weighted by atomic mass is 16.2. The number of anilines is 1. The molecule has 1 aromatic carbocycles. The quantitative estimate of drug-likeness (QED) is 0.781. The van der Waals surface area contributed by atoms with Gasteiger partial charge in [0.2, 0.25) is 5.91 Å². The van der Waals surface area contributed by atoms with Crippen LogP contribution >= 0.6 is 0 Å². The summed E-state index contributed by atoms with van der Waals surface area (Å²) in [6.07, 6.45) is 6.06. The van der Waals surface area contributed by atoms with Crippen molar-refractivity contribution in [2.75, 3.05) is 25.5 Å². The van der Waals surface area contributed by atoms with E-state index in [0.717, 1.165) is 24.2 Å². The molecule has 0 fully saturated rings. The summed E-state index contributed by atoms with van der Waals surface area (Å²) in [4.78, 5) is 13.9. The van der Waals surface area contributed by atoms with Crippen molar-refractivity contribution in [2.45, 2.75) is 12.3 Å². The number of terminal acetylenes is 1. The standard InChI is InChI=1S/C14H16N2O/c1-3-10-16(2)14(17)12-8-9-15-13-7-5-4-6-11(12)13/h1,4-7,12,15H,8-10H2,2H3. The molecule has 3 heteroatoms. The molecule has 2 rings (SSSR count). The molecule has 1 N–H and O–H groups in total. The van der Waals surface area contributed by atoms with E-state index >= 15 is 0 Å². The molecule has 0 bridgehead atoms. The van der Waals surface area contributed by atoms with Gasteiger partial charge in [-0.3, -0.25) is 4.79 Å². The van der Waals surface area contributed by atoms with Gasteiger partial charge in [0.05, 0.1) is 12.5 Å². The maximum atomic E-state index is 12.3. The van der Waals surface area contributed by atoms with E-state index in [1.54, 1.807) is 11.9 Å². The molecule has 0 spiro atoms. The highest BCUT2D eigenvalue weighted by molar-refractivity contribution is 5.86. The van der Waals surface area contributed by atoms with Gasteiger partial charge in [0, 0.05) is 19.3 Å². The van der Waals surface area contributed by atoms with Crippen molar-refractivity contribution < 1.29 is 4.79 Å². The molecular formula is C14H16N2O. The second-order valence-electron chi connectivity index (χ2n) is 4.25. The minimum absolute atomic E-state index is 0.0641. The molecule has 0 radical (unpaired) electrons. The number of carbonyl (C=O) groups is 1. The Hall–Kier alpha value is -1.95.